The molecule has 19 heavy (non-hydrogen) atoms. The number of hydrogen-bond donors (Lipinski definition) is 1. The summed E-state index contributed by atoms with van der Waals surface area (Å²) in [6, 6.07) is 3.57. The Morgan fingerprint density at radius 2 is 2.16 bits per heavy atom. The van der Waals surface area contributed by atoms with Crippen LogP contribution in [-0.2, 0) is 11.3 Å². The van der Waals surface area contributed by atoms with Crippen LogP contribution in [0.1, 0.15) is 5.69 Å². The van der Waals surface area contributed by atoms with Crippen LogP contribution in [0.15, 0.2) is 24.4 Å². The van der Waals surface area contributed by atoms with Crippen molar-refractivity contribution in [2.45, 2.75) is 6.54 Å². The van der Waals surface area contributed by atoms with E-state index in [2.05, 4.69) is 15.6 Å². The average molecular weight is 268 g/mol. The molecule has 0 atom stereocenters. The van der Waals surface area contributed by atoms with Gasteiger partial charge >= 0.3 is 0 Å². The molecule has 0 saturated carbocycles. The molecule has 0 fully saturated rings. The van der Waals surface area contributed by atoms with Crippen molar-refractivity contribution in [3.8, 4) is 5.69 Å². The molecule has 7 heteroatoms. The van der Waals surface area contributed by atoms with Gasteiger partial charge in [0.05, 0.1) is 24.2 Å². The van der Waals surface area contributed by atoms with Gasteiger partial charge in [-0.1, -0.05) is 5.21 Å². The first kappa shape index (κ1) is 13.6. The van der Waals surface area contributed by atoms with E-state index in [4.69, 9.17) is 4.74 Å². The highest BCUT2D eigenvalue weighted by molar-refractivity contribution is 5.31. The SMILES string of the molecule is COCCNCc1cn(-c2ccc(F)c(F)c2)nn1. The maximum atomic E-state index is 13.1. The van der Waals surface area contributed by atoms with E-state index >= 15 is 0 Å². The number of hydrogen-bond acceptors (Lipinski definition) is 4. The fourth-order valence-electron chi connectivity index (χ4n) is 1.52. The van der Waals surface area contributed by atoms with E-state index in [0.717, 1.165) is 12.1 Å². The van der Waals surface area contributed by atoms with Gasteiger partial charge in [0.2, 0.25) is 0 Å². The molecular weight excluding hydrogens is 254 g/mol. The van der Waals surface area contributed by atoms with Gasteiger partial charge in [0.15, 0.2) is 11.6 Å². The Morgan fingerprint density at radius 1 is 1.32 bits per heavy atom. The summed E-state index contributed by atoms with van der Waals surface area (Å²) in [5, 5.41) is 10.9. The molecule has 2 aromatic rings. The normalized spacial score (nSPS) is 10.9. The van der Waals surface area contributed by atoms with Gasteiger partial charge in [-0.25, -0.2) is 13.5 Å². The minimum absolute atomic E-state index is 0.426. The molecule has 0 amide bonds. The number of nitrogens with zero attached hydrogens (tertiary/aromatic N) is 3. The third kappa shape index (κ3) is 3.55. The van der Waals surface area contributed by atoms with Crippen LogP contribution in [-0.4, -0.2) is 35.3 Å². The van der Waals surface area contributed by atoms with Crippen molar-refractivity contribution in [1.29, 1.82) is 0 Å². The van der Waals surface area contributed by atoms with Gasteiger partial charge in [-0.2, -0.15) is 0 Å². The fraction of sp³-hybridized carbons (Fsp3) is 0.333. The largest absolute Gasteiger partial charge is 0.383 e. The molecule has 102 valence electrons. The van der Waals surface area contributed by atoms with Gasteiger partial charge < -0.3 is 10.1 Å². The third-order valence-electron chi connectivity index (χ3n) is 2.50. The molecule has 1 aromatic heterocycles. The number of methoxy groups -OCH3 is 1. The summed E-state index contributed by atoms with van der Waals surface area (Å²) in [6.07, 6.45) is 1.66. The van der Waals surface area contributed by atoms with Crippen molar-refractivity contribution in [3.63, 3.8) is 0 Å². The fourth-order valence-corrected chi connectivity index (χ4v) is 1.52. The predicted molar refractivity (Wildman–Crippen MR) is 64.9 cm³/mol. The Bertz CT molecular complexity index is 544. The molecule has 0 spiro atoms. The number of nitrogens with one attached hydrogen (secondary N) is 1. The lowest BCUT2D eigenvalue weighted by Crippen LogP contribution is -2.18. The van der Waals surface area contributed by atoms with E-state index in [0.29, 0.717) is 31.1 Å². The maximum Gasteiger partial charge on any atom is 0.160 e. The first-order valence-corrected chi connectivity index (χ1v) is 5.77. The summed E-state index contributed by atoms with van der Waals surface area (Å²) >= 11 is 0. The van der Waals surface area contributed by atoms with E-state index in [1.54, 1.807) is 13.3 Å². The molecule has 1 N–H and O–H groups in total. The zero-order valence-corrected chi connectivity index (χ0v) is 10.4. The highest BCUT2D eigenvalue weighted by atomic mass is 19.2. The molecule has 1 heterocycles. The lowest BCUT2D eigenvalue weighted by molar-refractivity contribution is 0.199. The Hall–Kier alpha value is -1.86. The highest BCUT2D eigenvalue weighted by Gasteiger charge is 2.06. The van der Waals surface area contributed by atoms with Crippen molar-refractivity contribution in [3.05, 3.63) is 41.7 Å². The number of aromatic nitrogens is 3. The zero-order chi connectivity index (χ0) is 13.7. The second kappa shape index (κ2) is 6.35. The van der Waals surface area contributed by atoms with Gasteiger partial charge in [0.25, 0.3) is 0 Å². The maximum absolute atomic E-state index is 13.1. The van der Waals surface area contributed by atoms with Crippen LogP contribution in [0.2, 0.25) is 0 Å². The van der Waals surface area contributed by atoms with Crippen molar-refractivity contribution < 1.29 is 13.5 Å². The van der Waals surface area contributed by atoms with Crippen LogP contribution in [0.3, 0.4) is 0 Å². The molecule has 0 radical (unpaired) electrons. The molecular formula is C12H14F2N4O. The predicted octanol–water partition coefficient (Wildman–Crippen LogP) is 1.28. The minimum Gasteiger partial charge on any atom is -0.383 e. The van der Waals surface area contributed by atoms with E-state index in [1.165, 1.54) is 10.7 Å². The van der Waals surface area contributed by atoms with E-state index in [9.17, 15) is 8.78 Å². The lowest BCUT2D eigenvalue weighted by Gasteiger charge is -2.01. The number of ether oxygens (including phenoxy) is 1. The zero-order valence-electron chi connectivity index (χ0n) is 10.4. The quantitative estimate of drug-likeness (QED) is 0.802. The van der Waals surface area contributed by atoms with Gasteiger partial charge in [0.1, 0.15) is 0 Å². The van der Waals surface area contributed by atoms with Crippen molar-refractivity contribution in [2.75, 3.05) is 20.3 Å². The minimum atomic E-state index is -0.909. The summed E-state index contributed by atoms with van der Waals surface area (Å²) < 4.78 is 32.2. The smallest absolute Gasteiger partial charge is 0.160 e. The highest BCUT2D eigenvalue weighted by Crippen LogP contribution is 2.12. The van der Waals surface area contributed by atoms with Crippen molar-refractivity contribution in [1.82, 2.24) is 20.3 Å². The molecule has 0 bridgehead atoms. The second-order valence-electron chi connectivity index (χ2n) is 3.92. The standard InChI is InChI=1S/C12H14F2N4O/c1-19-5-4-15-7-9-8-18(17-16-9)10-2-3-11(13)12(14)6-10/h2-3,6,8,15H,4-5,7H2,1H3. The van der Waals surface area contributed by atoms with Crippen LogP contribution >= 0.6 is 0 Å². The molecule has 2 rings (SSSR count). The van der Waals surface area contributed by atoms with Crippen LogP contribution in [0.25, 0.3) is 5.69 Å². The van der Waals surface area contributed by atoms with Crippen LogP contribution in [0.4, 0.5) is 8.78 Å². The number of benzene rings is 1. The van der Waals surface area contributed by atoms with Gasteiger partial charge in [-0.15, -0.1) is 5.10 Å². The summed E-state index contributed by atoms with van der Waals surface area (Å²) in [7, 11) is 1.63. The molecule has 0 unspecified atom stereocenters. The molecule has 0 saturated heterocycles. The Balaban J connectivity index is 2.01. The summed E-state index contributed by atoms with van der Waals surface area (Å²) in [6.45, 7) is 1.85. The number of rotatable bonds is 6. The van der Waals surface area contributed by atoms with E-state index < -0.39 is 11.6 Å². The summed E-state index contributed by atoms with van der Waals surface area (Å²) in [5.41, 5.74) is 1.13. The third-order valence-corrected chi connectivity index (χ3v) is 2.50. The van der Waals surface area contributed by atoms with Gasteiger partial charge in [-0.3, -0.25) is 0 Å². The second-order valence-corrected chi connectivity index (χ2v) is 3.92. The van der Waals surface area contributed by atoms with E-state index in [1.807, 2.05) is 0 Å². The topological polar surface area (TPSA) is 52.0 Å². The Morgan fingerprint density at radius 3 is 2.89 bits per heavy atom. The lowest BCUT2D eigenvalue weighted by atomic mass is 10.3. The van der Waals surface area contributed by atoms with Crippen LogP contribution < -0.4 is 5.32 Å². The molecule has 5 nitrogen and oxygen atoms in total. The average Bonchev–Trinajstić information content (AvgIpc) is 2.87. The van der Waals surface area contributed by atoms with Crippen molar-refractivity contribution >= 4 is 0 Å². The van der Waals surface area contributed by atoms with Crippen LogP contribution in [0.5, 0.6) is 0 Å². The molecule has 0 aliphatic rings. The Kier molecular flexibility index (Phi) is 4.53. The molecule has 0 aliphatic heterocycles. The first-order valence-electron chi connectivity index (χ1n) is 5.77. The first-order chi connectivity index (χ1) is 9.20. The summed E-state index contributed by atoms with van der Waals surface area (Å²) in [5.74, 6) is -1.79. The van der Waals surface area contributed by atoms with Crippen LogP contribution in [0, 0.1) is 11.6 Å². The monoisotopic (exact) mass is 268 g/mol. The van der Waals surface area contributed by atoms with Gasteiger partial charge in [-0.05, 0) is 12.1 Å². The van der Waals surface area contributed by atoms with Crippen molar-refractivity contribution in [2.24, 2.45) is 0 Å². The molecule has 0 aliphatic carbocycles. The summed E-state index contributed by atoms with van der Waals surface area (Å²) in [4.78, 5) is 0. The molecule has 1 aromatic carbocycles. The Labute approximate surface area is 109 Å². The van der Waals surface area contributed by atoms with Gasteiger partial charge in [0, 0.05) is 26.3 Å². The number of halogens is 2. The van der Waals surface area contributed by atoms with E-state index in [-0.39, 0.29) is 0 Å².